The average molecular weight is 311 g/mol. The van der Waals surface area contributed by atoms with Crippen molar-refractivity contribution in [3.63, 3.8) is 0 Å². The van der Waals surface area contributed by atoms with Gasteiger partial charge in [0, 0.05) is 17.2 Å². The van der Waals surface area contributed by atoms with Crippen LogP contribution in [-0.4, -0.2) is 37.1 Å². The van der Waals surface area contributed by atoms with Crippen molar-refractivity contribution in [2.45, 2.75) is 31.3 Å². The van der Waals surface area contributed by atoms with Gasteiger partial charge in [-0.15, -0.1) is 11.8 Å². The Morgan fingerprint density at radius 1 is 1.29 bits per heavy atom. The fourth-order valence-electron chi connectivity index (χ4n) is 1.47. The molecule has 1 N–H and O–H groups in total. The molecule has 5 nitrogen and oxygen atoms in total. The molecule has 0 aromatic heterocycles. The molecule has 1 aromatic rings. The molecule has 116 valence electrons. The maximum atomic E-state index is 11.4. The van der Waals surface area contributed by atoms with E-state index in [1.165, 1.54) is 7.11 Å². The monoisotopic (exact) mass is 311 g/mol. The van der Waals surface area contributed by atoms with Crippen molar-refractivity contribution < 1.29 is 19.1 Å². The fourth-order valence-corrected chi connectivity index (χ4v) is 2.29. The molecule has 0 aliphatic heterocycles. The summed E-state index contributed by atoms with van der Waals surface area (Å²) in [5.41, 5.74) is 0.0223. The van der Waals surface area contributed by atoms with E-state index in [0.717, 1.165) is 4.90 Å². The van der Waals surface area contributed by atoms with Gasteiger partial charge < -0.3 is 14.8 Å². The molecule has 1 rings (SSSR count). The number of amides is 1. The summed E-state index contributed by atoms with van der Waals surface area (Å²) in [6.45, 7) is 5.95. The lowest BCUT2D eigenvalue weighted by Gasteiger charge is -2.19. The van der Waals surface area contributed by atoms with E-state index in [4.69, 9.17) is 4.74 Å². The molecule has 0 radical (unpaired) electrons. The van der Waals surface area contributed by atoms with E-state index >= 15 is 0 Å². The highest BCUT2D eigenvalue weighted by molar-refractivity contribution is 7.99. The molecule has 0 unspecified atom stereocenters. The molecular formula is C15H21NO4S. The van der Waals surface area contributed by atoms with Crippen LogP contribution in [-0.2, 0) is 9.47 Å². The van der Waals surface area contributed by atoms with Crippen molar-refractivity contribution in [3.8, 4) is 0 Å². The predicted octanol–water partition coefficient (Wildman–Crippen LogP) is 3.09. The maximum Gasteiger partial charge on any atom is 0.407 e. The zero-order chi connectivity index (χ0) is 15.9. The number of methoxy groups -OCH3 is 1. The molecule has 6 heteroatoms. The summed E-state index contributed by atoms with van der Waals surface area (Å²) in [6, 6.07) is 7.18. The predicted molar refractivity (Wildman–Crippen MR) is 82.7 cm³/mol. The molecule has 1 aromatic carbocycles. The van der Waals surface area contributed by atoms with Gasteiger partial charge in [0.05, 0.1) is 12.7 Å². The second kappa shape index (κ2) is 7.93. The van der Waals surface area contributed by atoms with E-state index in [2.05, 4.69) is 10.1 Å². The Kier molecular flexibility index (Phi) is 6.55. The molecule has 0 saturated heterocycles. The molecule has 0 fully saturated rings. The van der Waals surface area contributed by atoms with Gasteiger partial charge in [-0.3, -0.25) is 0 Å². The van der Waals surface area contributed by atoms with E-state index in [9.17, 15) is 9.59 Å². The van der Waals surface area contributed by atoms with Crippen LogP contribution in [0.1, 0.15) is 31.1 Å². The molecule has 21 heavy (non-hydrogen) atoms. The number of hydrogen-bond donors (Lipinski definition) is 1. The van der Waals surface area contributed by atoms with Crippen molar-refractivity contribution in [2.24, 2.45) is 0 Å². The summed E-state index contributed by atoms with van der Waals surface area (Å²) >= 11 is 1.54. The second-order valence-corrected chi connectivity index (χ2v) is 6.46. The zero-order valence-electron chi connectivity index (χ0n) is 12.8. The van der Waals surface area contributed by atoms with Crippen LogP contribution in [0.25, 0.3) is 0 Å². The third kappa shape index (κ3) is 7.04. The Balaban J connectivity index is 2.36. The number of benzene rings is 1. The Hall–Kier alpha value is -1.69. The van der Waals surface area contributed by atoms with Crippen LogP contribution in [0.5, 0.6) is 0 Å². The van der Waals surface area contributed by atoms with Crippen molar-refractivity contribution in [1.82, 2.24) is 5.32 Å². The van der Waals surface area contributed by atoms with Crippen molar-refractivity contribution >= 4 is 23.8 Å². The third-order valence-corrected chi connectivity index (χ3v) is 3.29. The highest BCUT2D eigenvalue weighted by Gasteiger charge is 2.15. The fraction of sp³-hybridized carbons (Fsp3) is 0.467. The second-order valence-electron chi connectivity index (χ2n) is 5.30. The van der Waals surface area contributed by atoms with Crippen molar-refractivity contribution in [3.05, 3.63) is 29.8 Å². The van der Waals surface area contributed by atoms with Crippen LogP contribution in [0, 0.1) is 0 Å². The van der Waals surface area contributed by atoms with E-state index in [0.29, 0.717) is 17.9 Å². The lowest BCUT2D eigenvalue weighted by molar-refractivity contribution is 0.0530. The summed E-state index contributed by atoms with van der Waals surface area (Å²) in [6.07, 6.45) is -0.425. The van der Waals surface area contributed by atoms with Crippen LogP contribution in [0.4, 0.5) is 4.79 Å². The Labute approximate surface area is 129 Å². The summed E-state index contributed by atoms with van der Waals surface area (Å²) in [5, 5.41) is 2.68. The van der Waals surface area contributed by atoms with Gasteiger partial charge in [0.25, 0.3) is 0 Å². The standard InChI is InChI=1S/C15H21NO4S/c1-15(2,3)20-14(18)16-8-9-21-12-7-5-6-11(10-12)13(17)19-4/h5-7,10H,8-9H2,1-4H3,(H,16,18). The highest BCUT2D eigenvalue weighted by atomic mass is 32.2. The van der Waals surface area contributed by atoms with Crippen LogP contribution >= 0.6 is 11.8 Å². The Bertz CT molecular complexity index is 497. The van der Waals surface area contributed by atoms with Crippen LogP contribution in [0.2, 0.25) is 0 Å². The van der Waals surface area contributed by atoms with Gasteiger partial charge in [-0.2, -0.15) is 0 Å². The number of esters is 1. The van der Waals surface area contributed by atoms with Crippen LogP contribution < -0.4 is 5.32 Å². The van der Waals surface area contributed by atoms with Gasteiger partial charge in [-0.05, 0) is 39.0 Å². The SMILES string of the molecule is COC(=O)c1cccc(SCCNC(=O)OC(C)(C)C)c1. The normalized spacial score (nSPS) is 10.9. The first-order valence-electron chi connectivity index (χ1n) is 6.60. The molecule has 0 saturated carbocycles. The summed E-state index contributed by atoms with van der Waals surface area (Å²) < 4.78 is 9.81. The number of carbonyl (C=O) groups is 2. The minimum absolute atomic E-state index is 0.357. The molecule has 0 spiro atoms. The first kappa shape index (κ1) is 17.4. The lowest BCUT2D eigenvalue weighted by atomic mass is 10.2. The van der Waals surface area contributed by atoms with Gasteiger partial charge in [-0.25, -0.2) is 9.59 Å². The van der Waals surface area contributed by atoms with Crippen LogP contribution in [0.3, 0.4) is 0 Å². The number of hydrogen-bond acceptors (Lipinski definition) is 5. The van der Waals surface area contributed by atoms with Crippen LogP contribution in [0.15, 0.2) is 29.2 Å². The van der Waals surface area contributed by atoms with Gasteiger partial charge in [0.2, 0.25) is 0 Å². The highest BCUT2D eigenvalue weighted by Crippen LogP contribution is 2.19. The van der Waals surface area contributed by atoms with Crippen molar-refractivity contribution in [2.75, 3.05) is 19.4 Å². The van der Waals surface area contributed by atoms with E-state index < -0.39 is 11.7 Å². The smallest absolute Gasteiger partial charge is 0.407 e. The number of alkyl carbamates (subject to hydrolysis) is 1. The average Bonchev–Trinajstić information content (AvgIpc) is 2.41. The van der Waals surface area contributed by atoms with Gasteiger partial charge in [-0.1, -0.05) is 6.07 Å². The maximum absolute atomic E-state index is 11.4. The first-order valence-corrected chi connectivity index (χ1v) is 7.58. The minimum atomic E-state index is -0.494. The molecule has 0 aliphatic carbocycles. The van der Waals surface area contributed by atoms with Crippen molar-refractivity contribution in [1.29, 1.82) is 0 Å². The van der Waals surface area contributed by atoms with Gasteiger partial charge in [0.15, 0.2) is 0 Å². The van der Waals surface area contributed by atoms with Gasteiger partial charge in [0.1, 0.15) is 5.60 Å². The molecule has 0 heterocycles. The minimum Gasteiger partial charge on any atom is -0.465 e. The van der Waals surface area contributed by atoms with E-state index in [1.807, 2.05) is 26.8 Å². The number of nitrogens with one attached hydrogen (secondary N) is 1. The molecular weight excluding hydrogens is 290 g/mol. The van der Waals surface area contributed by atoms with E-state index in [-0.39, 0.29) is 5.97 Å². The Morgan fingerprint density at radius 3 is 2.62 bits per heavy atom. The quantitative estimate of drug-likeness (QED) is 0.514. The molecule has 1 amide bonds. The molecule has 0 aliphatic rings. The van der Waals surface area contributed by atoms with Gasteiger partial charge >= 0.3 is 12.1 Å². The number of ether oxygens (including phenoxy) is 2. The van der Waals surface area contributed by atoms with E-state index in [1.54, 1.807) is 30.0 Å². The Morgan fingerprint density at radius 2 is 2.00 bits per heavy atom. The lowest BCUT2D eigenvalue weighted by Crippen LogP contribution is -2.33. The summed E-state index contributed by atoms with van der Waals surface area (Å²) in [5.74, 6) is 0.327. The molecule has 0 atom stereocenters. The topological polar surface area (TPSA) is 64.6 Å². The largest absolute Gasteiger partial charge is 0.465 e. The summed E-state index contributed by atoms with van der Waals surface area (Å²) in [7, 11) is 1.35. The zero-order valence-corrected chi connectivity index (χ0v) is 13.6. The summed E-state index contributed by atoms with van der Waals surface area (Å²) in [4.78, 5) is 23.8. The molecule has 0 bridgehead atoms. The number of thioether (sulfide) groups is 1. The first-order chi connectivity index (χ1) is 9.81. The third-order valence-electron chi connectivity index (χ3n) is 2.29. The number of carbonyl (C=O) groups excluding carboxylic acids is 2. The number of rotatable bonds is 5.